The third kappa shape index (κ3) is 2.77. The fourth-order valence-corrected chi connectivity index (χ4v) is 1.19. The Morgan fingerprint density at radius 2 is 2.21 bits per heavy atom. The average Bonchev–Trinajstić information content (AvgIpc) is 2.14. The summed E-state index contributed by atoms with van der Waals surface area (Å²) in [5.41, 5.74) is 5.44. The molecule has 0 amide bonds. The Labute approximate surface area is 87.8 Å². The summed E-state index contributed by atoms with van der Waals surface area (Å²) in [5, 5.41) is 0.257. The zero-order valence-electron chi connectivity index (χ0n) is 8.02. The van der Waals surface area contributed by atoms with Crippen LogP contribution < -0.4 is 10.5 Å². The molecule has 0 aliphatic rings. The Morgan fingerprint density at radius 1 is 1.50 bits per heavy atom. The quantitative estimate of drug-likeness (QED) is 0.621. The van der Waals surface area contributed by atoms with E-state index in [4.69, 9.17) is 22.1 Å². The summed E-state index contributed by atoms with van der Waals surface area (Å²) in [5.74, 6) is -0.0724. The summed E-state index contributed by atoms with van der Waals surface area (Å²) >= 11 is 5.76. The molecule has 0 unspecified atom stereocenters. The Morgan fingerprint density at radius 3 is 2.86 bits per heavy atom. The summed E-state index contributed by atoms with van der Waals surface area (Å²) in [6.07, 6.45) is 1.97. The fourth-order valence-electron chi connectivity index (χ4n) is 0.982. The molecule has 0 radical (unpaired) electrons. The molecule has 78 valence electrons. The molecule has 0 bridgehead atoms. The van der Waals surface area contributed by atoms with E-state index in [2.05, 4.69) is 6.92 Å². The molecular formula is C10H13ClFNO. The van der Waals surface area contributed by atoms with E-state index in [1.807, 2.05) is 0 Å². The van der Waals surface area contributed by atoms with Crippen LogP contribution in [0.3, 0.4) is 0 Å². The normalized spacial score (nSPS) is 10.2. The van der Waals surface area contributed by atoms with Gasteiger partial charge in [-0.2, -0.15) is 0 Å². The summed E-state index contributed by atoms with van der Waals surface area (Å²) < 4.78 is 18.2. The van der Waals surface area contributed by atoms with E-state index >= 15 is 0 Å². The van der Waals surface area contributed by atoms with Gasteiger partial charge in [0.25, 0.3) is 0 Å². The molecule has 0 aliphatic heterocycles. The molecule has 1 aromatic rings. The lowest BCUT2D eigenvalue weighted by molar-refractivity contribution is 0.309. The van der Waals surface area contributed by atoms with Crippen molar-refractivity contribution in [2.24, 2.45) is 0 Å². The van der Waals surface area contributed by atoms with Gasteiger partial charge >= 0.3 is 0 Å². The highest BCUT2D eigenvalue weighted by Crippen LogP contribution is 2.28. The number of ether oxygens (including phenoxy) is 1. The number of hydrogen-bond acceptors (Lipinski definition) is 2. The number of benzene rings is 1. The van der Waals surface area contributed by atoms with Gasteiger partial charge in [-0.3, -0.25) is 0 Å². The molecule has 4 heteroatoms. The lowest BCUT2D eigenvalue weighted by Crippen LogP contribution is -1.99. The number of rotatable bonds is 4. The van der Waals surface area contributed by atoms with E-state index < -0.39 is 5.82 Å². The molecule has 0 spiro atoms. The first kappa shape index (κ1) is 11.1. The second kappa shape index (κ2) is 5.05. The van der Waals surface area contributed by atoms with Crippen molar-refractivity contribution in [3.05, 3.63) is 23.0 Å². The second-order valence-electron chi connectivity index (χ2n) is 3.01. The second-order valence-corrected chi connectivity index (χ2v) is 3.41. The molecule has 1 aromatic carbocycles. The van der Waals surface area contributed by atoms with Gasteiger partial charge in [0.1, 0.15) is 11.6 Å². The number of nitrogens with two attached hydrogens (primary N) is 1. The first-order valence-electron chi connectivity index (χ1n) is 4.52. The maximum Gasteiger partial charge on any atom is 0.147 e. The van der Waals surface area contributed by atoms with Gasteiger partial charge < -0.3 is 10.5 Å². The summed E-state index contributed by atoms with van der Waals surface area (Å²) in [7, 11) is 0. The first-order chi connectivity index (χ1) is 6.65. The van der Waals surface area contributed by atoms with Crippen LogP contribution in [-0.2, 0) is 0 Å². The summed E-state index contributed by atoms with van der Waals surface area (Å²) in [6.45, 7) is 2.63. The third-order valence-electron chi connectivity index (χ3n) is 1.81. The van der Waals surface area contributed by atoms with Crippen molar-refractivity contribution in [1.82, 2.24) is 0 Å². The van der Waals surface area contributed by atoms with E-state index in [9.17, 15) is 4.39 Å². The van der Waals surface area contributed by atoms with Gasteiger partial charge in [-0.15, -0.1) is 0 Å². The van der Waals surface area contributed by atoms with Crippen LogP contribution in [0.2, 0.25) is 5.02 Å². The maximum absolute atomic E-state index is 12.9. The van der Waals surface area contributed by atoms with Crippen molar-refractivity contribution in [2.45, 2.75) is 19.8 Å². The number of halogens is 2. The summed E-state index contributed by atoms with van der Waals surface area (Å²) in [4.78, 5) is 0. The first-order valence-corrected chi connectivity index (χ1v) is 4.90. The molecule has 2 nitrogen and oxygen atoms in total. The monoisotopic (exact) mass is 217 g/mol. The molecule has 1 rings (SSSR count). The van der Waals surface area contributed by atoms with Gasteiger partial charge in [-0.05, 0) is 12.5 Å². The third-order valence-corrected chi connectivity index (χ3v) is 2.10. The highest BCUT2D eigenvalue weighted by atomic mass is 35.5. The Kier molecular flexibility index (Phi) is 4.01. The molecule has 0 saturated carbocycles. The number of anilines is 1. The fraction of sp³-hybridized carbons (Fsp3) is 0.400. The molecule has 0 atom stereocenters. The SMILES string of the molecule is CCCCOc1cc(N)c(F)cc1Cl. The molecular weight excluding hydrogens is 205 g/mol. The lowest BCUT2D eigenvalue weighted by Gasteiger charge is -2.08. The smallest absolute Gasteiger partial charge is 0.147 e. The van der Waals surface area contributed by atoms with Crippen LogP contribution in [0.5, 0.6) is 5.75 Å². The zero-order chi connectivity index (χ0) is 10.6. The molecule has 2 N–H and O–H groups in total. The van der Waals surface area contributed by atoms with E-state index in [0.29, 0.717) is 12.4 Å². The molecule has 0 aliphatic carbocycles. The van der Waals surface area contributed by atoms with Crippen LogP contribution in [0.4, 0.5) is 10.1 Å². The van der Waals surface area contributed by atoms with Gasteiger partial charge in [0.15, 0.2) is 0 Å². The van der Waals surface area contributed by atoms with Gasteiger partial charge in [0, 0.05) is 6.07 Å². The molecule has 0 aromatic heterocycles. The minimum atomic E-state index is -0.516. The standard InChI is InChI=1S/C10H13ClFNO/c1-2-3-4-14-10-6-9(13)8(12)5-7(10)11/h5-6H,2-4,13H2,1H3. The predicted molar refractivity (Wildman–Crippen MR) is 56.2 cm³/mol. The predicted octanol–water partition coefficient (Wildman–Crippen LogP) is 3.24. The molecule has 14 heavy (non-hydrogen) atoms. The van der Waals surface area contributed by atoms with E-state index in [0.717, 1.165) is 18.9 Å². The Bertz CT molecular complexity index is 317. The van der Waals surface area contributed by atoms with Gasteiger partial charge in [-0.1, -0.05) is 24.9 Å². The largest absolute Gasteiger partial charge is 0.492 e. The number of hydrogen-bond donors (Lipinski definition) is 1. The Hall–Kier alpha value is -0.960. The topological polar surface area (TPSA) is 35.2 Å². The van der Waals surface area contributed by atoms with Crippen molar-refractivity contribution in [3.8, 4) is 5.75 Å². The maximum atomic E-state index is 12.9. The minimum Gasteiger partial charge on any atom is -0.492 e. The lowest BCUT2D eigenvalue weighted by atomic mass is 10.3. The van der Waals surface area contributed by atoms with Crippen molar-refractivity contribution < 1.29 is 9.13 Å². The summed E-state index contributed by atoms with van der Waals surface area (Å²) in [6, 6.07) is 2.57. The molecule has 0 fully saturated rings. The average molecular weight is 218 g/mol. The zero-order valence-corrected chi connectivity index (χ0v) is 8.77. The van der Waals surface area contributed by atoms with Crippen LogP contribution in [-0.4, -0.2) is 6.61 Å². The minimum absolute atomic E-state index is 0.0564. The van der Waals surface area contributed by atoms with Gasteiger partial charge in [-0.25, -0.2) is 4.39 Å². The number of nitrogen functional groups attached to an aromatic ring is 1. The number of unbranched alkanes of at least 4 members (excludes halogenated alkanes) is 1. The molecule has 0 saturated heterocycles. The van der Waals surface area contributed by atoms with E-state index in [1.54, 1.807) is 0 Å². The van der Waals surface area contributed by atoms with Crippen molar-refractivity contribution >= 4 is 17.3 Å². The highest BCUT2D eigenvalue weighted by Gasteiger charge is 2.06. The van der Waals surface area contributed by atoms with Crippen LogP contribution >= 0.6 is 11.6 Å². The molecule has 0 heterocycles. The van der Waals surface area contributed by atoms with Crippen LogP contribution in [0.15, 0.2) is 12.1 Å². The van der Waals surface area contributed by atoms with Crippen molar-refractivity contribution in [3.63, 3.8) is 0 Å². The van der Waals surface area contributed by atoms with Crippen molar-refractivity contribution in [2.75, 3.05) is 12.3 Å². The van der Waals surface area contributed by atoms with Crippen LogP contribution in [0, 0.1) is 5.82 Å². The van der Waals surface area contributed by atoms with Gasteiger partial charge in [0.2, 0.25) is 0 Å². The van der Waals surface area contributed by atoms with E-state index in [1.165, 1.54) is 6.07 Å². The van der Waals surface area contributed by atoms with E-state index in [-0.39, 0.29) is 10.7 Å². The van der Waals surface area contributed by atoms with Crippen LogP contribution in [0.25, 0.3) is 0 Å². The Balaban J connectivity index is 2.72. The highest BCUT2D eigenvalue weighted by molar-refractivity contribution is 6.32. The van der Waals surface area contributed by atoms with Gasteiger partial charge in [0.05, 0.1) is 17.3 Å². The van der Waals surface area contributed by atoms with Crippen molar-refractivity contribution in [1.29, 1.82) is 0 Å². The van der Waals surface area contributed by atoms with Crippen LogP contribution in [0.1, 0.15) is 19.8 Å².